The minimum Gasteiger partial charge on any atom is -0.394 e. The average molecular weight is 1360 g/mol. The Morgan fingerprint density at radius 2 is 1.04 bits per heavy atom. The molecule has 0 bridgehead atoms. The molecule has 7 saturated heterocycles. The summed E-state index contributed by atoms with van der Waals surface area (Å²) < 4.78 is 77.4. The van der Waals surface area contributed by atoms with Crippen molar-refractivity contribution >= 4 is 5.78 Å². The first-order valence-electron chi connectivity index (χ1n) is 33.2. The number of carbonyl (C=O) groups is 1. The van der Waals surface area contributed by atoms with Crippen LogP contribution in [0.2, 0.25) is 0 Å². The lowest BCUT2D eigenvalue weighted by Gasteiger charge is -2.60. The van der Waals surface area contributed by atoms with Crippen molar-refractivity contribution in [2.45, 2.75) is 276 Å². The summed E-state index contributed by atoms with van der Waals surface area (Å²) in [6.45, 7) is 3.61. The van der Waals surface area contributed by atoms with Crippen molar-refractivity contribution < 1.29 is 163 Å². The van der Waals surface area contributed by atoms with Gasteiger partial charge in [-0.1, -0.05) is 27.7 Å². The Balaban J connectivity index is 0.738. The molecule has 19 N–H and O–H groups in total. The Bertz CT molecular complexity index is 2490. The van der Waals surface area contributed by atoms with E-state index in [1.165, 1.54) is 0 Å². The van der Waals surface area contributed by atoms with Gasteiger partial charge in [-0.15, -0.1) is 0 Å². The first-order chi connectivity index (χ1) is 44.5. The van der Waals surface area contributed by atoms with Crippen molar-refractivity contribution in [3.8, 4) is 0 Å². The molecule has 11 rings (SSSR count). The lowest BCUT2D eigenvalue weighted by atomic mass is 9.44. The summed E-state index contributed by atoms with van der Waals surface area (Å²) in [5.41, 5.74) is -1.06. The van der Waals surface area contributed by atoms with Crippen LogP contribution in [0.25, 0.3) is 0 Å². The van der Waals surface area contributed by atoms with Crippen LogP contribution in [0.4, 0.5) is 0 Å². The molecule has 542 valence electrons. The van der Waals surface area contributed by atoms with E-state index in [1.54, 1.807) is 0 Å². The summed E-state index contributed by atoms with van der Waals surface area (Å²) in [5, 5.41) is 206. The van der Waals surface area contributed by atoms with Gasteiger partial charge in [0.2, 0.25) is 0 Å². The van der Waals surface area contributed by atoms with E-state index in [4.69, 9.17) is 61.6 Å². The van der Waals surface area contributed by atoms with Gasteiger partial charge in [0.1, 0.15) is 140 Å². The zero-order valence-corrected chi connectivity index (χ0v) is 52.9. The van der Waals surface area contributed by atoms with Crippen molar-refractivity contribution in [3.63, 3.8) is 0 Å². The molecular weight excluding hydrogens is 1260 g/mol. The fourth-order valence-corrected chi connectivity index (χ4v) is 17.7. The molecule has 0 spiro atoms. The number of hydrogen-bond acceptors (Lipinski definition) is 33. The Labute approximate surface area is 541 Å². The molecule has 4 saturated carbocycles. The highest BCUT2D eigenvalue weighted by Gasteiger charge is 2.71. The highest BCUT2D eigenvalue weighted by Crippen LogP contribution is 2.70. The molecule has 0 radical (unpaired) electrons. The summed E-state index contributed by atoms with van der Waals surface area (Å²) in [7, 11) is 0. The van der Waals surface area contributed by atoms with E-state index in [9.17, 15) is 102 Å². The minimum atomic E-state index is -2.15. The fourth-order valence-electron chi connectivity index (χ4n) is 17.7. The van der Waals surface area contributed by atoms with Crippen LogP contribution in [0.5, 0.6) is 0 Å². The monoisotopic (exact) mass is 1360 g/mol. The molecule has 4 unspecified atom stereocenters. The average Bonchev–Trinajstić information content (AvgIpc) is 1.48. The maximum Gasteiger partial charge on any atom is 0.187 e. The number of Topliss-reactive ketones (excluding diaryl/α,β-unsaturated/α-hetero) is 1. The molecule has 7 heterocycles. The second kappa shape index (κ2) is 29.4. The van der Waals surface area contributed by atoms with Crippen molar-refractivity contribution in [2.24, 2.45) is 52.3 Å². The SMILES string of the molecule is CC(CC[C@@]1(O)OC2C[C@H]3[C@@H]4CC[C@H]5C[C@@H](O[C@@H]6O[C@H](CO)[C@H](O[C@@H]7O[C@H](CO)[C@@H](O)[C@H](O[C@@H]8OC[C@@H](O)[C@H](O)[C@@H]8O)[C@H]7O[C@@H]7O[C@H](CO)[C@@H](O)[C@H](O[C@@H]8OC[C@@H](O)[C@H](O)[C@@H]8O)[C@H]7O)[C@H](O)[C@H]6O)CC[C@]5(C)[C@H]4CC(=O)[C@]3(C)C2C1C)CO[C@@H]1O[C@H](CO)[C@@H](O)[C@H](O)[C@H]1O. The van der Waals surface area contributed by atoms with Gasteiger partial charge >= 0.3 is 0 Å². The van der Waals surface area contributed by atoms with E-state index in [1.807, 2.05) is 20.8 Å². The van der Waals surface area contributed by atoms with Gasteiger partial charge in [0, 0.05) is 30.1 Å². The third kappa shape index (κ3) is 13.5. The van der Waals surface area contributed by atoms with Crippen LogP contribution in [-0.4, -0.2) is 339 Å². The first kappa shape index (κ1) is 73.6. The highest BCUT2D eigenvalue weighted by atomic mass is 16.8. The van der Waals surface area contributed by atoms with E-state index < -0.39 is 235 Å². The molecule has 7 aliphatic heterocycles. The Morgan fingerprint density at radius 1 is 0.521 bits per heavy atom. The van der Waals surface area contributed by atoms with Gasteiger partial charge < -0.3 is 159 Å². The summed E-state index contributed by atoms with van der Waals surface area (Å²) in [6.07, 6.45) is -45.6. The van der Waals surface area contributed by atoms with E-state index in [0.29, 0.717) is 38.5 Å². The second-order valence-corrected chi connectivity index (χ2v) is 28.9. The molecule has 0 aromatic carbocycles. The number of ether oxygens (including phenoxy) is 13. The van der Waals surface area contributed by atoms with Crippen LogP contribution < -0.4 is 0 Å². The number of rotatable bonds is 20. The van der Waals surface area contributed by atoms with Gasteiger partial charge in [-0.3, -0.25) is 4.79 Å². The summed E-state index contributed by atoms with van der Waals surface area (Å²) >= 11 is 0. The minimum absolute atomic E-state index is 0.00384. The van der Waals surface area contributed by atoms with Crippen molar-refractivity contribution in [2.75, 3.05) is 46.2 Å². The van der Waals surface area contributed by atoms with Gasteiger partial charge in [-0.2, -0.15) is 0 Å². The zero-order chi connectivity index (χ0) is 67.9. The number of fused-ring (bicyclic) bond motifs is 7. The maximum absolute atomic E-state index is 14.9. The number of ketones is 1. The van der Waals surface area contributed by atoms with Crippen LogP contribution in [0.1, 0.15) is 85.5 Å². The topological polar surface area (TPSA) is 521 Å². The fraction of sp³-hybridized carbons (Fsp3) is 0.984. The Kier molecular flexibility index (Phi) is 23.0. The lowest BCUT2D eigenvalue weighted by Crippen LogP contribution is -2.69. The van der Waals surface area contributed by atoms with Crippen molar-refractivity contribution in [3.05, 3.63) is 0 Å². The van der Waals surface area contributed by atoms with Crippen molar-refractivity contribution in [1.82, 2.24) is 0 Å². The largest absolute Gasteiger partial charge is 0.394 e. The van der Waals surface area contributed by atoms with Crippen LogP contribution in [0.3, 0.4) is 0 Å². The molecule has 33 heteroatoms. The molecule has 94 heavy (non-hydrogen) atoms. The first-order valence-corrected chi connectivity index (χ1v) is 33.2. The third-order valence-electron chi connectivity index (χ3n) is 23.4. The van der Waals surface area contributed by atoms with E-state index in [-0.39, 0.29) is 65.8 Å². The predicted molar refractivity (Wildman–Crippen MR) is 305 cm³/mol. The van der Waals surface area contributed by atoms with Gasteiger partial charge in [0.05, 0.1) is 58.5 Å². The van der Waals surface area contributed by atoms with Gasteiger partial charge in [-0.05, 0) is 80.0 Å². The summed E-state index contributed by atoms with van der Waals surface area (Å²) in [5.74, 6) is -1.95. The van der Waals surface area contributed by atoms with Crippen LogP contribution in [0, 0.1) is 52.3 Å². The van der Waals surface area contributed by atoms with E-state index in [0.717, 1.165) is 12.8 Å². The Morgan fingerprint density at radius 3 is 1.67 bits per heavy atom. The van der Waals surface area contributed by atoms with Gasteiger partial charge in [-0.25, -0.2) is 0 Å². The summed E-state index contributed by atoms with van der Waals surface area (Å²) in [4.78, 5) is 14.9. The molecule has 33 nitrogen and oxygen atoms in total. The number of hydrogen-bond donors (Lipinski definition) is 19. The predicted octanol–water partition coefficient (Wildman–Crippen LogP) is -7.85. The summed E-state index contributed by atoms with van der Waals surface area (Å²) in [6, 6.07) is 0. The molecule has 0 aromatic rings. The van der Waals surface area contributed by atoms with Crippen molar-refractivity contribution in [1.29, 1.82) is 0 Å². The van der Waals surface area contributed by atoms with Crippen LogP contribution in [0.15, 0.2) is 0 Å². The quantitative estimate of drug-likeness (QED) is 0.0504. The third-order valence-corrected chi connectivity index (χ3v) is 23.4. The van der Waals surface area contributed by atoms with Gasteiger partial charge in [0.15, 0.2) is 43.5 Å². The van der Waals surface area contributed by atoms with Crippen LogP contribution >= 0.6 is 0 Å². The molecule has 40 atom stereocenters. The normalized spacial score (nSPS) is 54.9. The molecule has 11 fully saturated rings. The van der Waals surface area contributed by atoms with E-state index >= 15 is 0 Å². The second-order valence-electron chi connectivity index (χ2n) is 28.9. The van der Waals surface area contributed by atoms with Crippen LogP contribution in [-0.2, 0) is 66.4 Å². The standard InChI is InChI=1S/C61H100O33/c1-21(18-82-53-46(78)42(74)39(71)31(14-62)86-53)7-10-61(81)22(2)36-30(94-61)12-27-25-6-5-23-11-24(8-9-59(23,3)26(25)13-35(68)60(27,36)4)85-56-47(79)43(75)49(34(17-65)89-56)90-58-52(51(41(73)33(16-64)88-58)92-55-45(77)38(70)29(67)20-84-55)93-57-48(80)50(40(72)32(15-63)87-57)91-54-44(76)37(69)28(66)19-83-54/h21-34,36-58,62-67,69-81H,5-20H2,1-4H3/t21?,22?,23-,24-,25+,26-,27-,28+,29+,30?,31+,32+,33+,34+,36?,37-,38-,39+,40+,41+,42-,43+,44-,45-,46+,47+,48+,49-,50-,51-,52+,53+,54-,55-,56+,57-,58-,59-,60+,61+/m0/s1. The van der Waals surface area contributed by atoms with E-state index in [2.05, 4.69) is 6.92 Å². The lowest BCUT2D eigenvalue weighted by molar-refractivity contribution is -0.408. The smallest absolute Gasteiger partial charge is 0.187 e. The Hall–Kier alpha value is -1.61. The molecule has 4 aliphatic carbocycles. The molecule has 11 aliphatic rings. The molecule has 0 amide bonds. The molecular formula is C61H100O33. The number of aliphatic hydroxyl groups excluding tert-OH is 18. The molecule has 0 aromatic heterocycles. The highest BCUT2D eigenvalue weighted by molar-refractivity contribution is 5.87. The number of aliphatic hydroxyl groups is 19. The zero-order valence-electron chi connectivity index (χ0n) is 52.9. The van der Waals surface area contributed by atoms with Gasteiger partial charge in [0.25, 0.3) is 0 Å². The number of carbonyl (C=O) groups excluding carboxylic acids is 1. The maximum atomic E-state index is 14.9.